The van der Waals surface area contributed by atoms with Gasteiger partial charge in [-0.05, 0) is 77.9 Å². The fraction of sp³-hybridized carbons (Fsp3) is 0.368. The van der Waals surface area contributed by atoms with Gasteiger partial charge in [-0.25, -0.2) is 29.9 Å². The molecule has 0 saturated carbocycles. The minimum Gasteiger partial charge on any atom is -0.362 e. The molecule has 0 spiro atoms. The number of pyridine rings is 3. The van der Waals surface area contributed by atoms with E-state index in [0.29, 0.717) is 32.0 Å². The van der Waals surface area contributed by atoms with Crippen molar-refractivity contribution in [3.8, 4) is 0 Å². The van der Waals surface area contributed by atoms with Gasteiger partial charge in [0.25, 0.3) is 0 Å². The van der Waals surface area contributed by atoms with Crippen molar-refractivity contribution in [3.63, 3.8) is 0 Å². The largest absolute Gasteiger partial charge is 0.362 e. The Balaban J connectivity index is 0.000000185. The summed E-state index contributed by atoms with van der Waals surface area (Å²) in [5.74, 6) is 4.22. The van der Waals surface area contributed by atoms with Crippen molar-refractivity contribution in [1.29, 1.82) is 0 Å². The predicted molar refractivity (Wildman–Crippen MR) is 236 cm³/mol. The highest BCUT2D eigenvalue weighted by molar-refractivity contribution is 9.18. The molecule has 0 atom stereocenters. The number of benzene rings is 1. The molecule has 0 amide bonds. The lowest BCUT2D eigenvalue weighted by Crippen LogP contribution is -2.33. The molecule has 0 aliphatic carbocycles. The first-order chi connectivity index (χ1) is 26.4. The summed E-state index contributed by atoms with van der Waals surface area (Å²) in [6.45, 7) is 7.11. The number of amidine groups is 2. The molecule has 11 nitrogen and oxygen atoms in total. The van der Waals surface area contributed by atoms with Gasteiger partial charge in [-0.2, -0.15) is 0 Å². The Labute approximate surface area is 356 Å². The van der Waals surface area contributed by atoms with Crippen LogP contribution in [0.2, 0.25) is 25.5 Å². The lowest BCUT2D eigenvalue weighted by Gasteiger charge is -2.19. The molecule has 7 rings (SSSR count). The van der Waals surface area contributed by atoms with Crippen LogP contribution < -0.4 is 16.4 Å². The van der Waals surface area contributed by atoms with Gasteiger partial charge in [0.1, 0.15) is 27.1 Å². The topological polar surface area (TPSA) is 132 Å². The molecule has 0 unspecified atom stereocenters. The van der Waals surface area contributed by atoms with Crippen LogP contribution in [0, 0.1) is 0 Å². The summed E-state index contributed by atoms with van der Waals surface area (Å²) in [6.07, 6.45) is 3.67. The summed E-state index contributed by atoms with van der Waals surface area (Å²) in [5, 5.41) is 9.17. The van der Waals surface area contributed by atoms with Crippen LogP contribution in [0.15, 0.2) is 69.6 Å². The van der Waals surface area contributed by atoms with E-state index in [1.54, 1.807) is 24.3 Å². The number of hydrogen-bond acceptors (Lipinski definition) is 11. The molecule has 3 aromatic heterocycles. The highest BCUT2D eigenvalue weighted by Gasteiger charge is 2.20. The van der Waals surface area contributed by atoms with Gasteiger partial charge < -0.3 is 26.2 Å². The van der Waals surface area contributed by atoms with Crippen LogP contribution in [-0.2, 0) is 25.8 Å². The molecule has 4 aromatic rings. The van der Waals surface area contributed by atoms with Gasteiger partial charge in [0, 0.05) is 92.8 Å². The first-order valence-electron chi connectivity index (χ1n) is 17.7. The maximum Gasteiger partial charge on any atom is 0.159 e. The monoisotopic (exact) mass is 909 g/mol. The third kappa shape index (κ3) is 14.5. The van der Waals surface area contributed by atoms with Crippen LogP contribution in [0.1, 0.15) is 35.6 Å². The van der Waals surface area contributed by atoms with Crippen molar-refractivity contribution in [3.05, 3.63) is 102 Å². The van der Waals surface area contributed by atoms with Crippen LogP contribution in [0.25, 0.3) is 0 Å². The number of halogens is 6. The van der Waals surface area contributed by atoms with Crippen molar-refractivity contribution < 1.29 is 0 Å². The molecule has 0 saturated heterocycles. The Kier molecular flexibility index (Phi) is 18.5. The normalized spacial score (nSPS) is 13.0. The summed E-state index contributed by atoms with van der Waals surface area (Å²) >= 11 is 32.7. The molecule has 17 heteroatoms. The number of aromatic nitrogens is 3. The van der Waals surface area contributed by atoms with Gasteiger partial charge in [-0.3, -0.25) is 0 Å². The molecule has 3 aliphatic rings. The Morgan fingerprint density at radius 2 is 1.15 bits per heavy atom. The number of aliphatic imine (C=N–C) groups is 3. The molecule has 55 heavy (non-hydrogen) atoms. The molecular formula is C38H45BrCl5N11. The summed E-state index contributed by atoms with van der Waals surface area (Å²) < 4.78 is 0.919. The second-order valence-corrected chi connectivity index (χ2v) is 15.6. The van der Waals surface area contributed by atoms with Crippen molar-refractivity contribution in [2.24, 2.45) is 20.7 Å². The molecule has 1 aromatic carbocycles. The number of hydrogen-bond donors (Lipinski definition) is 3. The fourth-order valence-corrected chi connectivity index (χ4v) is 6.85. The Hall–Kier alpha value is -2.91. The zero-order valence-corrected chi connectivity index (χ0v) is 36.6. The first-order valence-corrected chi connectivity index (χ1v) is 20.3. The highest BCUT2D eigenvalue weighted by atomic mass is 79.9. The number of rotatable bonds is 9. The van der Waals surface area contributed by atoms with E-state index in [-0.39, 0.29) is 0 Å². The molecule has 4 N–H and O–H groups in total. The van der Waals surface area contributed by atoms with Crippen LogP contribution in [0.5, 0.6) is 0 Å². The quantitative estimate of drug-likeness (QED) is 0.112. The lowest BCUT2D eigenvalue weighted by molar-refractivity contribution is 0.477. The average Bonchev–Trinajstić information content (AvgIpc) is 3.86. The zero-order chi connectivity index (χ0) is 39.9. The van der Waals surface area contributed by atoms with Crippen LogP contribution in [-0.4, -0.2) is 94.9 Å². The van der Waals surface area contributed by atoms with Crippen LogP contribution >= 0.6 is 73.9 Å². The van der Waals surface area contributed by atoms with Gasteiger partial charge >= 0.3 is 0 Å². The van der Waals surface area contributed by atoms with Gasteiger partial charge in [0.15, 0.2) is 17.5 Å². The summed E-state index contributed by atoms with van der Waals surface area (Å²) in [5.41, 5.74) is 9.93. The van der Waals surface area contributed by atoms with Gasteiger partial charge in [0.05, 0.1) is 4.62 Å². The molecule has 0 fully saturated rings. The second-order valence-electron chi connectivity index (χ2n) is 12.6. The average molecular weight is 913 g/mol. The van der Waals surface area contributed by atoms with Gasteiger partial charge in [0.2, 0.25) is 0 Å². The molecule has 294 valence electrons. The maximum absolute atomic E-state index is 6.00. The van der Waals surface area contributed by atoms with Crippen molar-refractivity contribution in [1.82, 2.24) is 35.4 Å². The van der Waals surface area contributed by atoms with E-state index in [9.17, 15) is 0 Å². The van der Waals surface area contributed by atoms with E-state index in [4.69, 9.17) is 63.7 Å². The zero-order valence-electron chi connectivity index (χ0n) is 31.2. The SMILES string of the molecule is CCCNC.CN(CCN)C1=Nc2nc(Cl)ccc2C1.CN(CCNCc1cc(Cl)cc(Cl)c1)C1=Nc2nc(Cl)ccc2C1.Clc1ccc2c(n1)N=C(Br)C2. The van der Waals surface area contributed by atoms with E-state index in [1.807, 2.05) is 51.5 Å². The van der Waals surface area contributed by atoms with E-state index in [2.05, 4.69) is 73.2 Å². The van der Waals surface area contributed by atoms with E-state index in [0.717, 1.165) is 108 Å². The third-order valence-electron chi connectivity index (χ3n) is 8.22. The molecule has 0 radical (unpaired) electrons. The van der Waals surface area contributed by atoms with E-state index < -0.39 is 0 Å². The van der Waals surface area contributed by atoms with E-state index in [1.165, 1.54) is 6.42 Å². The molecular weight excluding hydrogens is 868 g/mol. The summed E-state index contributed by atoms with van der Waals surface area (Å²) in [7, 11) is 5.98. The first kappa shape index (κ1) is 44.8. The van der Waals surface area contributed by atoms with E-state index >= 15 is 0 Å². The maximum atomic E-state index is 6.00. The van der Waals surface area contributed by atoms with Crippen LogP contribution in [0.3, 0.4) is 0 Å². The highest BCUT2D eigenvalue weighted by Crippen LogP contribution is 2.29. The lowest BCUT2D eigenvalue weighted by atomic mass is 10.2. The Bertz CT molecular complexity index is 1970. The second kappa shape index (κ2) is 22.7. The fourth-order valence-electron chi connectivity index (χ4n) is 5.38. The Morgan fingerprint density at radius 1 is 0.673 bits per heavy atom. The standard InChI is InChI=1S/C17H17Cl3N4.C10H13ClN4.C7H4BrClN2.C4H11N/c1-24(16-8-12-2-3-15(20)22-17(12)23-16)5-4-21-10-11-6-13(18)9-14(19)7-11;1-15(5-4-12)9-6-7-2-3-8(11)13-10(7)14-9;8-5-3-4-1-2-6(9)11-7(4)10-5;1-3-4-5-2/h2-3,6-7,9,21H,4-5,8,10H2,1H3;2-3H,4-6,12H2,1H3;1-2H,3H2;5H,3-4H2,1-2H3. The van der Waals surface area contributed by atoms with Gasteiger partial charge in [-0.15, -0.1) is 0 Å². The molecule has 6 heterocycles. The Morgan fingerprint density at radius 3 is 1.60 bits per heavy atom. The third-order valence-corrected chi connectivity index (χ3v) is 9.74. The summed E-state index contributed by atoms with van der Waals surface area (Å²) in [6, 6.07) is 16.8. The van der Waals surface area contributed by atoms with Gasteiger partial charge in [-0.1, -0.05) is 83.1 Å². The summed E-state index contributed by atoms with van der Waals surface area (Å²) in [4.78, 5) is 29.8. The minimum atomic E-state index is 0.475. The number of nitrogens with one attached hydrogen (secondary N) is 2. The van der Waals surface area contributed by atoms with Crippen molar-refractivity contribution >= 4 is 108 Å². The van der Waals surface area contributed by atoms with Crippen molar-refractivity contribution in [2.75, 3.05) is 53.9 Å². The predicted octanol–water partition coefficient (Wildman–Crippen LogP) is 8.89. The van der Waals surface area contributed by atoms with Crippen molar-refractivity contribution in [2.45, 2.75) is 39.2 Å². The molecule has 0 bridgehead atoms. The molecule has 3 aliphatic heterocycles. The van der Waals surface area contributed by atoms with Crippen LogP contribution in [0.4, 0.5) is 17.5 Å². The minimum absolute atomic E-state index is 0.475. The number of nitrogens with two attached hydrogens (primary N) is 1. The number of likely N-dealkylation sites (N-methyl/N-ethyl adjacent to an activating group) is 2. The smallest absolute Gasteiger partial charge is 0.159 e. The number of nitrogens with zero attached hydrogens (tertiary/aromatic N) is 8. The number of fused-ring (bicyclic) bond motifs is 3.